The summed E-state index contributed by atoms with van der Waals surface area (Å²) < 4.78 is 11.5. The molecule has 30 heavy (non-hydrogen) atoms. The number of benzene rings is 1. The van der Waals surface area contributed by atoms with Crippen LogP contribution in [-0.4, -0.2) is 90.8 Å². The van der Waals surface area contributed by atoms with Crippen LogP contribution in [-0.2, 0) is 10.2 Å². The molecule has 0 aromatic heterocycles. The fourth-order valence-electron chi connectivity index (χ4n) is 3.70. The maximum Gasteiger partial charge on any atom is 0.123 e. The van der Waals surface area contributed by atoms with Gasteiger partial charge in [0.2, 0.25) is 0 Å². The molecule has 2 N–H and O–H groups in total. The van der Waals surface area contributed by atoms with E-state index in [0.717, 1.165) is 31.9 Å². The Hall–Kier alpha value is -1.18. The van der Waals surface area contributed by atoms with Crippen molar-refractivity contribution in [3.8, 4) is 5.75 Å². The van der Waals surface area contributed by atoms with Crippen molar-refractivity contribution in [1.82, 2.24) is 9.80 Å². The van der Waals surface area contributed by atoms with E-state index in [1.54, 1.807) is 0 Å². The third kappa shape index (κ3) is 8.52. The van der Waals surface area contributed by atoms with Gasteiger partial charge in [-0.2, -0.15) is 0 Å². The Kier molecular flexibility index (Phi) is 9.57. The second-order valence-corrected chi connectivity index (χ2v) is 9.85. The van der Waals surface area contributed by atoms with Crippen molar-refractivity contribution in [3.05, 3.63) is 29.3 Å². The van der Waals surface area contributed by atoms with E-state index in [1.165, 1.54) is 11.1 Å². The Labute approximate surface area is 182 Å². The predicted octanol–water partition coefficient (Wildman–Crippen LogP) is 2.44. The highest BCUT2D eigenvalue weighted by Gasteiger charge is 2.23. The van der Waals surface area contributed by atoms with Crippen LogP contribution in [0.25, 0.3) is 0 Å². The van der Waals surface area contributed by atoms with Gasteiger partial charge in [-0.1, -0.05) is 38.5 Å². The molecule has 6 heteroatoms. The lowest BCUT2D eigenvalue weighted by molar-refractivity contribution is -0.0176. The summed E-state index contributed by atoms with van der Waals surface area (Å²) in [5.74, 6) is 0.856. The zero-order chi connectivity index (χ0) is 22.3. The van der Waals surface area contributed by atoms with Crippen molar-refractivity contribution in [2.24, 2.45) is 0 Å². The number of hydrogen-bond donors (Lipinski definition) is 2. The van der Waals surface area contributed by atoms with Crippen molar-refractivity contribution in [2.75, 3.05) is 52.5 Å². The molecule has 0 bridgehead atoms. The summed E-state index contributed by atoms with van der Waals surface area (Å²) in [5.41, 5.74) is 2.38. The topological polar surface area (TPSA) is 65.4 Å². The maximum absolute atomic E-state index is 10.5. The van der Waals surface area contributed by atoms with E-state index in [4.69, 9.17) is 9.47 Å². The van der Waals surface area contributed by atoms with E-state index in [-0.39, 0.29) is 18.1 Å². The Bertz CT molecular complexity index is 637. The van der Waals surface area contributed by atoms with Crippen LogP contribution in [0.2, 0.25) is 0 Å². The summed E-state index contributed by atoms with van der Waals surface area (Å²) >= 11 is 0. The summed E-state index contributed by atoms with van der Waals surface area (Å²) in [5, 5.41) is 20.6. The zero-order valence-electron chi connectivity index (χ0n) is 19.7. The highest BCUT2D eigenvalue weighted by atomic mass is 16.5. The molecule has 0 radical (unpaired) electrons. The molecule has 2 atom stereocenters. The van der Waals surface area contributed by atoms with Gasteiger partial charge in [0.25, 0.3) is 0 Å². The van der Waals surface area contributed by atoms with Gasteiger partial charge in [-0.15, -0.1) is 0 Å². The number of aryl methyl sites for hydroxylation is 1. The lowest BCUT2D eigenvalue weighted by Crippen LogP contribution is -2.51. The van der Waals surface area contributed by atoms with Gasteiger partial charge in [0.05, 0.1) is 18.8 Å². The molecule has 0 saturated carbocycles. The Morgan fingerprint density at radius 1 is 0.933 bits per heavy atom. The van der Waals surface area contributed by atoms with Gasteiger partial charge in [0.15, 0.2) is 0 Å². The largest absolute Gasteiger partial charge is 0.491 e. The van der Waals surface area contributed by atoms with Crippen molar-refractivity contribution >= 4 is 0 Å². The van der Waals surface area contributed by atoms with Gasteiger partial charge in [-0.3, -0.25) is 9.80 Å². The number of hydrogen-bond acceptors (Lipinski definition) is 6. The average Bonchev–Trinajstić information content (AvgIpc) is 2.66. The molecule has 6 nitrogen and oxygen atoms in total. The van der Waals surface area contributed by atoms with Gasteiger partial charge >= 0.3 is 0 Å². The lowest BCUT2D eigenvalue weighted by atomic mass is 9.85. The minimum atomic E-state index is -0.532. The van der Waals surface area contributed by atoms with Crippen LogP contribution < -0.4 is 4.74 Å². The van der Waals surface area contributed by atoms with Crippen LogP contribution in [0.5, 0.6) is 5.75 Å². The van der Waals surface area contributed by atoms with E-state index in [1.807, 2.05) is 19.9 Å². The number of aliphatic hydroxyl groups excluding tert-OH is 2. The first-order valence-electron chi connectivity index (χ1n) is 11.2. The maximum atomic E-state index is 10.5. The number of β-amino-alcohol motifs (C(OH)–C–C–N with tert-alkyl or cyclic N) is 2. The zero-order valence-corrected chi connectivity index (χ0v) is 19.7. The molecule has 0 aliphatic carbocycles. The summed E-state index contributed by atoms with van der Waals surface area (Å²) in [6.45, 7) is 18.0. The summed E-state index contributed by atoms with van der Waals surface area (Å²) in [6.07, 6.45) is -0.847. The van der Waals surface area contributed by atoms with Crippen LogP contribution in [0, 0.1) is 6.92 Å². The molecule has 0 unspecified atom stereocenters. The van der Waals surface area contributed by atoms with Gasteiger partial charge in [-0.25, -0.2) is 0 Å². The first-order valence-corrected chi connectivity index (χ1v) is 11.2. The predicted molar refractivity (Wildman–Crippen MR) is 121 cm³/mol. The summed E-state index contributed by atoms with van der Waals surface area (Å²) in [6, 6.07) is 6.23. The molecule has 1 aromatic rings. The van der Waals surface area contributed by atoms with Gasteiger partial charge in [0, 0.05) is 39.3 Å². The molecule has 0 amide bonds. The van der Waals surface area contributed by atoms with Gasteiger partial charge in [-0.05, 0) is 37.8 Å². The second-order valence-electron chi connectivity index (χ2n) is 9.85. The van der Waals surface area contributed by atoms with E-state index in [9.17, 15) is 10.2 Å². The highest BCUT2D eigenvalue weighted by molar-refractivity contribution is 5.41. The van der Waals surface area contributed by atoms with Crippen LogP contribution in [0.1, 0.15) is 45.7 Å². The van der Waals surface area contributed by atoms with E-state index < -0.39 is 12.2 Å². The highest BCUT2D eigenvalue weighted by Crippen LogP contribution is 2.32. The Morgan fingerprint density at radius 2 is 1.47 bits per heavy atom. The molecule has 1 aliphatic rings. The number of ether oxygens (including phenoxy) is 2. The number of piperazine rings is 1. The molecule has 1 fully saturated rings. The van der Waals surface area contributed by atoms with Crippen LogP contribution in [0.3, 0.4) is 0 Å². The smallest absolute Gasteiger partial charge is 0.123 e. The number of rotatable bonds is 10. The fraction of sp³-hybridized carbons (Fsp3) is 0.750. The SMILES string of the molecule is Cc1ccc(OC[C@H](O)CN2CCN(C[C@H](O)COC(C)C)CC2)c(C(C)(C)C)c1. The van der Waals surface area contributed by atoms with E-state index in [2.05, 4.69) is 49.6 Å². The minimum absolute atomic E-state index is 0.00654. The average molecular weight is 423 g/mol. The van der Waals surface area contributed by atoms with Crippen molar-refractivity contribution < 1.29 is 19.7 Å². The van der Waals surface area contributed by atoms with Crippen LogP contribution in [0.4, 0.5) is 0 Å². The van der Waals surface area contributed by atoms with Crippen LogP contribution in [0.15, 0.2) is 18.2 Å². The molecule has 1 saturated heterocycles. The molecule has 1 aromatic carbocycles. The van der Waals surface area contributed by atoms with Crippen LogP contribution >= 0.6 is 0 Å². The molecule has 1 aliphatic heterocycles. The van der Waals surface area contributed by atoms with Crippen molar-refractivity contribution in [3.63, 3.8) is 0 Å². The Morgan fingerprint density at radius 3 is 1.97 bits per heavy atom. The number of aliphatic hydroxyl groups is 2. The normalized spacial score (nSPS) is 18.6. The molecule has 0 spiro atoms. The van der Waals surface area contributed by atoms with E-state index >= 15 is 0 Å². The Balaban J connectivity index is 1.74. The molecule has 172 valence electrons. The standard InChI is InChI=1S/C24H42N2O4/c1-18(2)29-16-20(27)14-25-9-11-26(12-10-25)15-21(28)17-30-23-8-7-19(3)13-22(23)24(4,5)6/h7-8,13,18,20-21,27-28H,9-12,14-17H2,1-6H3/t20-,21+/m0/s1. The third-order valence-electron chi connectivity index (χ3n) is 5.40. The van der Waals surface area contributed by atoms with E-state index in [0.29, 0.717) is 19.7 Å². The lowest BCUT2D eigenvalue weighted by Gasteiger charge is -2.36. The fourth-order valence-corrected chi connectivity index (χ4v) is 3.70. The minimum Gasteiger partial charge on any atom is -0.491 e. The third-order valence-corrected chi connectivity index (χ3v) is 5.40. The second kappa shape index (κ2) is 11.4. The van der Waals surface area contributed by atoms with Gasteiger partial charge in [0.1, 0.15) is 18.5 Å². The number of nitrogens with zero attached hydrogens (tertiary/aromatic N) is 2. The molecule has 2 rings (SSSR count). The summed E-state index contributed by atoms with van der Waals surface area (Å²) in [4.78, 5) is 4.52. The van der Waals surface area contributed by atoms with Gasteiger partial charge < -0.3 is 19.7 Å². The monoisotopic (exact) mass is 422 g/mol. The van der Waals surface area contributed by atoms with Crippen molar-refractivity contribution in [1.29, 1.82) is 0 Å². The molecule has 1 heterocycles. The molecular formula is C24H42N2O4. The molecular weight excluding hydrogens is 380 g/mol. The summed E-state index contributed by atoms with van der Waals surface area (Å²) in [7, 11) is 0. The first kappa shape index (κ1) is 25.1. The quantitative estimate of drug-likeness (QED) is 0.604. The first-order chi connectivity index (χ1) is 14.0. The van der Waals surface area contributed by atoms with Crippen molar-refractivity contribution in [2.45, 2.75) is 65.3 Å².